The Hall–Kier alpha value is -1.13. The zero-order valence-corrected chi connectivity index (χ0v) is 24.2. The zero-order valence-electron chi connectivity index (χ0n) is 23.2. The minimum absolute atomic E-state index is 0.0710. The number of rotatable bonds is 9. The van der Waals surface area contributed by atoms with E-state index >= 15 is 0 Å². The SMILES string of the molecule is C[C@H](CCC[C@H](C)[C@H]1CC[C@H]2[C@@H](OC(=O)c3ccccc3)CCC[C@]12C)O[Si](C)(C)C(C)(C)C. The van der Waals surface area contributed by atoms with Crippen LogP contribution in [0.4, 0.5) is 0 Å². The molecule has 2 fully saturated rings. The van der Waals surface area contributed by atoms with Crippen molar-refractivity contribution in [2.24, 2.45) is 23.2 Å². The molecule has 3 rings (SSSR count). The fraction of sp³-hybridized carbons (Fsp3) is 0.767. The topological polar surface area (TPSA) is 35.5 Å². The number of hydrogen-bond donors (Lipinski definition) is 0. The second kappa shape index (κ2) is 10.9. The van der Waals surface area contributed by atoms with Crippen LogP contribution in [0.5, 0.6) is 0 Å². The third kappa shape index (κ3) is 6.16. The molecule has 6 atom stereocenters. The predicted molar refractivity (Wildman–Crippen MR) is 145 cm³/mol. The molecule has 192 valence electrons. The molecule has 0 aliphatic heterocycles. The molecule has 2 aliphatic rings. The Balaban J connectivity index is 1.53. The van der Waals surface area contributed by atoms with Crippen molar-refractivity contribution in [3.63, 3.8) is 0 Å². The molecule has 2 aliphatic carbocycles. The fourth-order valence-electron chi connectivity index (χ4n) is 6.68. The molecule has 34 heavy (non-hydrogen) atoms. The molecule has 0 amide bonds. The van der Waals surface area contributed by atoms with Crippen molar-refractivity contribution in [1.29, 1.82) is 0 Å². The van der Waals surface area contributed by atoms with Crippen molar-refractivity contribution in [2.75, 3.05) is 0 Å². The standard InChI is InChI=1S/C30H50O3Si/c1-22(14-12-15-23(2)33-34(7,8)29(3,4)5)25-19-20-26-27(18-13-21-30(25,26)6)32-28(31)24-16-10-9-11-17-24/h9-11,16-17,22-23,25-27H,12-15,18-21H2,1-8H3/t22-,23+,25+,26-,27-,30+/m0/s1. The van der Waals surface area contributed by atoms with E-state index in [9.17, 15) is 4.79 Å². The molecule has 0 saturated heterocycles. The van der Waals surface area contributed by atoms with Gasteiger partial charge in [-0.15, -0.1) is 0 Å². The van der Waals surface area contributed by atoms with Gasteiger partial charge in [-0.3, -0.25) is 0 Å². The maximum Gasteiger partial charge on any atom is 0.338 e. The summed E-state index contributed by atoms with van der Waals surface area (Å²) < 4.78 is 12.7. The van der Waals surface area contributed by atoms with Crippen molar-refractivity contribution < 1.29 is 14.0 Å². The molecular weight excluding hydrogens is 436 g/mol. The third-order valence-electron chi connectivity index (χ3n) is 9.66. The average molecular weight is 487 g/mol. The molecular formula is C30H50O3Si. The Bertz CT molecular complexity index is 799. The third-order valence-corrected chi connectivity index (χ3v) is 14.3. The predicted octanol–water partition coefficient (Wildman–Crippen LogP) is 8.65. The number of ether oxygens (including phenoxy) is 1. The highest BCUT2D eigenvalue weighted by Gasteiger charge is 2.53. The largest absolute Gasteiger partial charge is 0.458 e. The van der Waals surface area contributed by atoms with Crippen LogP contribution < -0.4 is 0 Å². The van der Waals surface area contributed by atoms with Crippen LogP contribution in [0.3, 0.4) is 0 Å². The molecule has 0 bridgehead atoms. The number of hydrogen-bond acceptors (Lipinski definition) is 3. The smallest absolute Gasteiger partial charge is 0.338 e. The van der Waals surface area contributed by atoms with Gasteiger partial charge in [-0.25, -0.2) is 4.79 Å². The normalized spacial score (nSPS) is 29.4. The lowest BCUT2D eigenvalue weighted by Crippen LogP contribution is -2.43. The van der Waals surface area contributed by atoms with Crippen molar-refractivity contribution in [2.45, 2.75) is 123 Å². The van der Waals surface area contributed by atoms with E-state index in [1.807, 2.05) is 30.3 Å². The first-order valence-electron chi connectivity index (χ1n) is 13.8. The van der Waals surface area contributed by atoms with Gasteiger partial charge in [-0.05, 0) is 93.0 Å². The van der Waals surface area contributed by atoms with E-state index in [-0.39, 0.29) is 17.1 Å². The highest BCUT2D eigenvalue weighted by atomic mass is 28.4. The highest BCUT2D eigenvalue weighted by Crippen LogP contribution is 2.59. The molecule has 0 aromatic heterocycles. The van der Waals surface area contributed by atoms with Crippen LogP contribution in [0.25, 0.3) is 0 Å². The van der Waals surface area contributed by atoms with E-state index in [4.69, 9.17) is 9.16 Å². The van der Waals surface area contributed by atoms with Crippen molar-refractivity contribution >= 4 is 14.3 Å². The van der Waals surface area contributed by atoms with Crippen LogP contribution >= 0.6 is 0 Å². The van der Waals surface area contributed by atoms with E-state index in [1.165, 1.54) is 38.5 Å². The zero-order chi connectivity index (χ0) is 25.1. The van der Waals surface area contributed by atoms with E-state index in [2.05, 4.69) is 54.6 Å². The van der Waals surface area contributed by atoms with Gasteiger partial charge in [0.05, 0.1) is 5.56 Å². The Morgan fingerprint density at radius 1 is 1.09 bits per heavy atom. The molecule has 0 spiro atoms. The Morgan fingerprint density at radius 2 is 1.76 bits per heavy atom. The van der Waals surface area contributed by atoms with Crippen LogP contribution in [0.1, 0.15) is 103 Å². The molecule has 0 radical (unpaired) electrons. The number of fused-ring (bicyclic) bond motifs is 1. The number of carbonyl (C=O) groups is 1. The Labute approximate surface area is 210 Å². The summed E-state index contributed by atoms with van der Waals surface area (Å²) in [6, 6.07) is 9.48. The van der Waals surface area contributed by atoms with E-state index < -0.39 is 8.32 Å². The van der Waals surface area contributed by atoms with Gasteiger partial charge in [-0.2, -0.15) is 0 Å². The number of benzene rings is 1. The summed E-state index contributed by atoms with van der Waals surface area (Å²) in [6.07, 6.45) is 10.0. The fourth-order valence-corrected chi connectivity index (χ4v) is 8.16. The van der Waals surface area contributed by atoms with Crippen LogP contribution in [0, 0.1) is 23.2 Å². The number of carbonyl (C=O) groups excluding carboxylic acids is 1. The highest BCUT2D eigenvalue weighted by molar-refractivity contribution is 6.74. The summed E-state index contributed by atoms with van der Waals surface area (Å²) >= 11 is 0. The molecule has 1 aromatic rings. The van der Waals surface area contributed by atoms with Crippen molar-refractivity contribution in [1.82, 2.24) is 0 Å². The maximum absolute atomic E-state index is 12.8. The summed E-state index contributed by atoms with van der Waals surface area (Å²) in [6.45, 7) is 18.9. The first kappa shape index (κ1) is 27.5. The summed E-state index contributed by atoms with van der Waals surface area (Å²) in [5.74, 6) is 1.79. The van der Waals surface area contributed by atoms with Gasteiger partial charge in [0.1, 0.15) is 6.10 Å². The average Bonchev–Trinajstić information content (AvgIpc) is 3.11. The van der Waals surface area contributed by atoms with Gasteiger partial charge in [-0.1, -0.05) is 65.7 Å². The molecule has 1 aromatic carbocycles. The quantitative estimate of drug-likeness (QED) is 0.259. The van der Waals surface area contributed by atoms with Crippen LogP contribution in [-0.4, -0.2) is 26.5 Å². The maximum atomic E-state index is 12.8. The van der Waals surface area contributed by atoms with Gasteiger partial charge < -0.3 is 9.16 Å². The molecule has 0 heterocycles. The Morgan fingerprint density at radius 3 is 2.41 bits per heavy atom. The van der Waals surface area contributed by atoms with Crippen LogP contribution in [-0.2, 0) is 9.16 Å². The second-order valence-electron chi connectivity index (χ2n) is 13.1. The minimum Gasteiger partial charge on any atom is -0.458 e. The van der Waals surface area contributed by atoms with Gasteiger partial charge in [0.2, 0.25) is 0 Å². The minimum atomic E-state index is -1.69. The van der Waals surface area contributed by atoms with Crippen LogP contribution in [0.2, 0.25) is 18.1 Å². The van der Waals surface area contributed by atoms with Gasteiger partial charge in [0.15, 0.2) is 8.32 Å². The van der Waals surface area contributed by atoms with E-state index in [0.29, 0.717) is 28.9 Å². The first-order chi connectivity index (χ1) is 15.8. The molecule has 2 saturated carbocycles. The van der Waals surface area contributed by atoms with Crippen molar-refractivity contribution in [3.05, 3.63) is 35.9 Å². The molecule has 4 heteroatoms. The summed E-state index contributed by atoms with van der Waals surface area (Å²) in [5.41, 5.74) is 0.967. The first-order valence-corrected chi connectivity index (χ1v) is 16.7. The number of esters is 1. The van der Waals surface area contributed by atoms with E-state index in [1.54, 1.807) is 0 Å². The van der Waals surface area contributed by atoms with Crippen molar-refractivity contribution in [3.8, 4) is 0 Å². The summed E-state index contributed by atoms with van der Waals surface area (Å²) in [5, 5.41) is 0.267. The summed E-state index contributed by atoms with van der Waals surface area (Å²) in [7, 11) is -1.69. The molecule has 3 nitrogen and oxygen atoms in total. The molecule has 0 unspecified atom stereocenters. The molecule has 0 N–H and O–H groups in total. The van der Waals surface area contributed by atoms with E-state index in [0.717, 1.165) is 18.8 Å². The van der Waals surface area contributed by atoms with Crippen LogP contribution in [0.15, 0.2) is 30.3 Å². The van der Waals surface area contributed by atoms with Gasteiger partial charge in [0.25, 0.3) is 0 Å². The lowest BCUT2D eigenvalue weighted by atomic mass is 9.61. The second-order valence-corrected chi connectivity index (χ2v) is 17.9. The lowest BCUT2D eigenvalue weighted by molar-refractivity contribution is -0.0473. The van der Waals surface area contributed by atoms with Gasteiger partial charge in [0, 0.05) is 12.0 Å². The lowest BCUT2D eigenvalue weighted by Gasteiger charge is -2.46. The monoisotopic (exact) mass is 486 g/mol. The summed E-state index contributed by atoms with van der Waals surface area (Å²) in [4.78, 5) is 12.8. The Kier molecular flexibility index (Phi) is 8.77. The van der Waals surface area contributed by atoms with Gasteiger partial charge >= 0.3 is 5.97 Å².